The lowest BCUT2D eigenvalue weighted by Crippen LogP contribution is -2.08. The van der Waals surface area contributed by atoms with Gasteiger partial charge in [-0.1, -0.05) is 0 Å². The fraction of sp³-hybridized carbons (Fsp3) is 0.200. The molecule has 0 N–H and O–H groups in total. The molecule has 0 aliphatic heterocycles. The minimum atomic E-state index is -4.43. The van der Waals surface area contributed by atoms with Crippen LogP contribution in [0, 0.1) is 10.1 Å². The van der Waals surface area contributed by atoms with Gasteiger partial charge in [0.1, 0.15) is 6.54 Å². The molecule has 0 atom stereocenters. The molecule has 2 aromatic rings. The summed E-state index contributed by atoms with van der Waals surface area (Å²) in [5.74, 6) is -0.327. The fourth-order valence-corrected chi connectivity index (χ4v) is 1.39. The highest BCUT2D eigenvalue weighted by atomic mass is 19.4. The van der Waals surface area contributed by atoms with E-state index in [2.05, 4.69) is 10.1 Å². The van der Waals surface area contributed by atoms with E-state index >= 15 is 0 Å². The summed E-state index contributed by atoms with van der Waals surface area (Å²) >= 11 is 0. The van der Waals surface area contributed by atoms with Gasteiger partial charge in [0.15, 0.2) is 0 Å². The van der Waals surface area contributed by atoms with Gasteiger partial charge in [-0.3, -0.25) is 4.98 Å². The van der Waals surface area contributed by atoms with E-state index in [1.165, 1.54) is 23.0 Å². The van der Waals surface area contributed by atoms with Crippen LogP contribution in [0.25, 0.3) is 0 Å². The molecule has 2 rings (SSSR count). The summed E-state index contributed by atoms with van der Waals surface area (Å²) in [6.07, 6.45) is -2.36. The lowest BCUT2D eigenvalue weighted by Gasteiger charge is -2.06. The Kier molecular flexibility index (Phi) is 3.19. The monoisotopic (exact) mass is 272 g/mol. The van der Waals surface area contributed by atoms with Crippen LogP contribution in [0.4, 0.5) is 19.0 Å². The SMILES string of the molecule is O=[N+]([O-])c1ccn(Cc2ccc(C(F)(F)F)cn2)n1. The number of alkyl halides is 3. The Bertz CT molecular complexity index is 592. The van der Waals surface area contributed by atoms with Crippen molar-refractivity contribution in [2.24, 2.45) is 0 Å². The van der Waals surface area contributed by atoms with Crippen LogP contribution in [0.1, 0.15) is 11.3 Å². The zero-order chi connectivity index (χ0) is 14.0. The highest BCUT2D eigenvalue weighted by Gasteiger charge is 2.30. The predicted molar refractivity (Wildman–Crippen MR) is 57.2 cm³/mol. The highest BCUT2D eigenvalue weighted by Crippen LogP contribution is 2.28. The third-order valence-corrected chi connectivity index (χ3v) is 2.29. The summed E-state index contributed by atoms with van der Waals surface area (Å²) in [7, 11) is 0. The van der Waals surface area contributed by atoms with Gasteiger partial charge < -0.3 is 10.1 Å². The molecule has 0 saturated heterocycles. The molecule has 0 fully saturated rings. The van der Waals surface area contributed by atoms with Crippen molar-refractivity contribution < 1.29 is 18.1 Å². The van der Waals surface area contributed by atoms with Crippen molar-refractivity contribution in [3.05, 3.63) is 52.0 Å². The maximum Gasteiger partial charge on any atom is 0.417 e. The van der Waals surface area contributed by atoms with Crippen molar-refractivity contribution in [3.63, 3.8) is 0 Å². The van der Waals surface area contributed by atoms with Gasteiger partial charge >= 0.3 is 12.0 Å². The first-order valence-electron chi connectivity index (χ1n) is 5.06. The molecule has 0 amide bonds. The Morgan fingerprint density at radius 2 is 2.05 bits per heavy atom. The molecule has 2 aromatic heterocycles. The molecule has 0 unspecified atom stereocenters. The first-order chi connectivity index (χ1) is 8.86. The zero-order valence-corrected chi connectivity index (χ0v) is 9.33. The van der Waals surface area contributed by atoms with Crippen LogP contribution in [0.2, 0.25) is 0 Å². The first kappa shape index (κ1) is 13.0. The van der Waals surface area contributed by atoms with Crippen LogP contribution in [0.5, 0.6) is 0 Å². The van der Waals surface area contributed by atoms with Gasteiger partial charge in [0.25, 0.3) is 0 Å². The largest absolute Gasteiger partial charge is 0.417 e. The second-order valence-corrected chi connectivity index (χ2v) is 3.66. The summed E-state index contributed by atoms with van der Waals surface area (Å²) in [6.45, 7) is 0.0615. The van der Waals surface area contributed by atoms with E-state index in [1.54, 1.807) is 0 Å². The van der Waals surface area contributed by atoms with Crippen LogP contribution < -0.4 is 0 Å². The molecule has 9 heteroatoms. The second kappa shape index (κ2) is 4.67. The second-order valence-electron chi connectivity index (χ2n) is 3.66. The number of nitro groups is 1. The van der Waals surface area contributed by atoms with Crippen LogP contribution >= 0.6 is 0 Å². The Balaban J connectivity index is 2.13. The summed E-state index contributed by atoms with van der Waals surface area (Å²) < 4.78 is 38.1. The predicted octanol–water partition coefficient (Wildman–Crippen LogP) is 2.25. The van der Waals surface area contributed by atoms with Gasteiger partial charge in [0.05, 0.1) is 28.6 Å². The van der Waals surface area contributed by atoms with Gasteiger partial charge in [-0.25, -0.2) is 0 Å². The normalized spacial score (nSPS) is 11.5. The lowest BCUT2D eigenvalue weighted by atomic mass is 10.2. The number of pyridine rings is 1. The Labute approximate surface area is 104 Å². The summed E-state index contributed by atoms with van der Waals surface area (Å²) in [5.41, 5.74) is -0.520. The molecule has 2 heterocycles. The highest BCUT2D eigenvalue weighted by molar-refractivity contribution is 5.18. The number of halogens is 3. The van der Waals surface area contributed by atoms with Crippen LogP contribution in [0.15, 0.2) is 30.6 Å². The maximum absolute atomic E-state index is 12.3. The lowest BCUT2D eigenvalue weighted by molar-refractivity contribution is -0.389. The van der Waals surface area contributed by atoms with Crippen molar-refractivity contribution in [1.82, 2.24) is 14.8 Å². The molecule has 6 nitrogen and oxygen atoms in total. The van der Waals surface area contributed by atoms with Gasteiger partial charge in [0.2, 0.25) is 0 Å². The summed E-state index contributed by atoms with van der Waals surface area (Å²) in [6, 6.07) is 3.31. The Morgan fingerprint density at radius 3 is 2.53 bits per heavy atom. The smallest absolute Gasteiger partial charge is 0.358 e. The summed E-state index contributed by atoms with van der Waals surface area (Å²) in [4.78, 5) is 13.4. The standard InChI is InChI=1S/C10H7F3N4O2/c11-10(12,13)7-1-2-8(14-5-7)6-16-4-3-9(15-16)17(18)19/h1-5H,6H2. The molecule has 19 heavy (non-hydrogen) atoms. The van der Waals surface area contributed by atoms with E-state index in [4.69, 9.17) is 0 Å². The maximum atomic E-state index is 12.3. The quantitative estimate of drug-likeness (QED) is 0.634. The number of hydrogen-bond donors (Lipinski definition) is 0. The van der Waals surface area contributed by atoms with Gasteiger partial charge in [-0.2, -0.15) is 17.9 Å². The van der Waals surface area contributed by atoms with Crippen molar-refractivity contribution in [2.75, 3.05) is 0 Å². The summed E-state index contributed by atoms with van der Waals surface area (Å²) in [5, 5.41) is 14.0. The van der Waals surface area contributed by atoms with E-state index in [-0.39, 0.29) is 12.4 Å². The number of rotatable bonds is 3. The molecular formula is C10H7F3N4O2. The van der Waals surface area contributed by atoms with Crippen molar-refractivity contribution in [2.45, 2.75) is 12.7 Å². The number of aromatic nitrogens is 3. The van der Waals surface area contributed by atoms with E-state index < -0.39 is 16.7 Å². The van der Waals surface area contributed by atoms with Crippen molar-refractivity contribution in [1.29, 1.82) is 0 Å². The third kappa shape index (κ3) is 3.06. The van der Waals surface area contributed by atoms with E-state index in [9.17, 15) is 23.3 Å². The third-order valence-electron chi connectivity index (χ3n) is 2.29. The molecular weight excluding hydrogens is 265 g/mol. The van der Waals surface area contributed by atoms with Crippen LogP contribution in [-0.4, -0.2) is 19.7 Å². The van der Waals surface area contributed by atoms with Crippen LogP contribution in [0.3, 0.4) is 0 Å². The first-order valence-corrected chi connectivity index (χ1v) is 5.06. The molecule has 0 bridgehead atoms. The molecule has 0 saturated carbocycles. The molecule has 0 aromatic carbocycles. The average Bonchev–Trinajstić information content (AvgIpc) is 2.77. The Morgan fingerprint density at radius 1 is 1.32 bits per heavy atom. The minimum absolute atomic E-state index is 0.0615. The molecule has 100 valence electrons. The van der Waals surface area contributed by atoms with Gasteiger partial charge in [0, 0.05) is 6.20 Å². The topological polar surface area (TPSA) is 73.8 Å². The molecule has 0 aliphatic carbocycles. The number of nitrogens with zero attached hydrogens (tertiary/aromatic N) is 4. The van der Waals surface area contributed by atoms with Crippen LogP contribution in [-0.2, 0) is 12.7 Å². The van der Waals surface area contributed by atoms with E-state index in [1.807, 2.05) is 0 Å². The zero-order valence-electron chi connectivity index (χ0n) is 9.33. The number of hydrogen-bond acceptors (Lipinski definition) is 4. The average molecular weight is 272 g/mol. The molecule has 0 aliphatic rings. The Hall–Kier alpha value is -2.45. The molecule has 0 spiro atoms. The fourth-order valence-electron chi connectivity index (χ4n) is 1.39. The van der Waals surface area contributed by atoms with E-state index in [0.29, 0.717) is 11.9 Å². The van der Waals surface area contributed by atoms with Crippen molar-refractivity contribution in [3.8, 4) is 0 Å². The van der Waals surface area contributed by atoms with Gasteiger partial charge in [-0.05, 0) is 17.1 Å². The van der Waals surface area contributed by atoms with Crippen molar-refractivity contribution >= 4 is 5.82 Å². The van der Waals surface area contributed by atoms with Gasteiger partial charge in [-0.15, -0.1) is 0 Å². The minimum Gasteiger partial charge on any atom is -0.358 e. The molecule has 0 radical (unpaired) electrons. The van der Waals surface area contributed by atoms with E-state index in [0.717, 1.165) is 6.07 Å².